The van der Waals surface area contributed by atoms with Gasteiger partial charge >= 0.3 is 0 Å². The maximum absolute atomic E-state index is 6.26. The highest BCUT2D eigenvalue weighted by molar-refractivity contribution is 4.86. The predicted octanol–water partition coefficient (Wildman–Crippen LogP) is 5.17. The van der Waals surface area contributed by atoms with Crippen molar-refractivity contribution in [1.29, 1.82) is 0 Å². The summed E-state index contributed by atoms with van der Waals surface area (Å²) in [4.78, 5) is 0. The summed E-state index contributed by atoms with van der Waals surface area (Å²) in [6.07, 6.45) is 12.5. The molecule has 1 aliphatic carbocycles. The van der Waals surface area contributed by atoms with Crippen LogP contribution in [0.4, 0.5) is 0 Å². The van der Waals surface area contributed by atoms with Crippen molar-refractivity contribution in [2.24, 2.45) is 11.8 Å². The van der Waals surface area contributed by atoms with E-state index in [1.54, 1.807) is 0 Å². The van der Waals surface area contributed by atoms with Gasteiger partial charge in [0.2, 0.25) is 0 Å². The van der Waals surface area contributed by atoms with Gasteiger partial charge in [0.05, 0.1) is 6.10 Å². The van der Waals surface area contributed by atoms with Crippen molar-refractivity contribution in [2.75, 3.05) is 13.2 Å². The predicted molar refractivity (Wildman–Crippen MR) is 92.8 cm³/mol. The Kier molecular flexibility index (Phi) is 10.4. The van der Waals surface area contributed by atoms with Gasteiger partial charge in [-0.05, 0) is 51.0 Å². The summed E-state index contributed by atoms with van der Waals surface area (Å²) in [5, 5.41) is 3.82. The second kappa shape index (κ2) is 11.5. The smallest absolute Gasteiger partial charge is 0.0756 e. The fourth-order valence-electron chi connectivity index (χ4n) is 3.94. The Labute approximate surface area is 133 Å². The summed E-state index contributed by atoms with van der Waals surface area (Å²) >= 11 is 0. The van der Waals surface area contributed by atoms with Gasteiger partial charge in [0.25, 0.3) is 0 Å². The Balaban J connectivity index is 2.67. The number of hydrogen-bond acceptors (Lipinski definition) is 2. The largest absolute Gasteiger partial charge is 0.377 e. The lowest BCUT2D eigenvalue weighted by atomic mass is 9.80. The number of nitrogens with one attached hydrogen (secondary N) is 1. The van der Waals surface area contributed by atoms with E-state index in [4.69, 9.17) is 4.74 Å². The Morgan fingerprint density at radius 2 is 1.76 bits per heavy atom. The lowest BCUT2D eigenvalue weighted by molar-refractivity contribution is -0.0224. The van der Waals surface area contributed by atoms with E-state index in [2.05, 4.69) is 33.0 Å². The molecule has 0 aromatic rings. The molecule has 0 spiro atoms. The molecule has 1 saturated carbocycles. The molecule has 0 amide bonds. The van der Waals surface area contributed by atoms with Crippen LogP contribution in [0.15, 0.2) is 0 Å². The highest BCUT2D eigenvalue weighted by Crippen LogP contribution is 2.31. The van der Waals surface area contributed by atoms with Crippen LogP contribution < -0.4 is 5.32 Å². The minimum absolute atomic E-state index is 0.432. The van der Waals surface area contributed by atoms with Crippen LogP contribution in [-0.2, 0) is 4.74 Å². The molecule has 3 unspecified atom stereocenters. The van der Waals surface area contributed by atoms with E-state index >= 15 is 0 Å². The van der Waals surface area contributed by atoms with Crippen molar-refractivity contribution >= 4 is 0 Å². The monoisotopic (exact) mass is 297 g/mol. The fourth-order valence-corrected chi connectivity index (χ4v) is 3.94. The summed E-state index contributed by atoms with van der Waals surface area (Å²) in [7, 11) is 0. The summed E-state index contributed by atoms with van der Waals surface area (Å²) in [5.74, 6) is 1.58. The molecule has 0 bridgehead atoms. The van der Waals surface area contributed by atoms with Crippen LogP contribution in [0.3, 0.4) is 0 Å². The van der Waals surface area contributed by atoms with Gasteiger partial charge in [-0.3, -0.25) is 0 Å². The van der Waals surface area contributed by atoms with Gasteiger partial charge in [-0.1, -0.05) is 52.9 Å². The highest BCUT2D eigenvalue weighted by atomic mass is 16.5. The Morgan fingerprint density at radius 3 is 2.33 bits per heavy atom. The molecular formula is C19H39NO. The van der Waals surface area contributed by atoms with Crippen LogP contribution in [0, 0.1) is 11.8 Å². The minimum atomic E-state index is 0.432. The first-order valence-corrected chi connectivity index (χ1v) is 9.57. The zero-order chi connectivity index (χ0) is 15.5. The van der Waals surface area contributed by atoms with Gasteiger partial charge in [-0.2, -0.15) is 0 Å². The molecule has 3 atom stereocenters. The van der Waals surface area contributed by atoms with Crippen molar-refractivity contribution in [2.45, 2.75) is 97.6 Å². The van der Waals surface area contributed by atoms with Crippen LogP contribution in [0.1, 0.15) is 85.5 Å². The van der Waals surface area contributed by atoms with Gasteiger partial charge in [-0.25, -0.2) is 0 Å². The number of rotatable bonds is 11. The summed E-state index contributed by atoms with van der Waals surface area (Å²) in [5.41, 5.74) is 0. The van der Waals surface area contributed by atoms with E-state index in [9.17, 15) is 0 Å². The zero-order valence-electron chi connectivity index (χ0n) is 15.0. The second-order valence-corrected chi connectivity index (χ2v) is 7.01. The first-order valence-electron chi connectivity index (χ1n) is 9.57. The molecule has 0 radical (unpaired) electrons. The van der Waals surface area contributed by atoms with Gasteiger partial charge in [0.15, 0.2) is 0 Å². The summed E-state index contributed by atoms with van der Waals surface area (Å²) in [6, 6.07) is 0.551. The maximum Gasteiger partial charge on any atom is 0.0756 e. The first-order chi connectivity index (χ1) is 10.2. The molecular weight excluding hydrogens is 258 g/mol. The van der Waals surface area contributed by atoms with Gasteiger partial charge in [0.1, 0.15) is 0 Å². The van der Waals surface area contributed by atoms with Gasteiger partial charge in [-0.15, -0.1) is 0 Å². The Morgan fingerprint density at radius 1 is 1.05 bits per heavy atom. The summed E-state index contributed by atoms with van der Waals surface area (Å²) < 4.78 is 6.26. The molecule has 0 heterocycles. The number of ether oxygens (including phenoxy) is 1. The standard InChI is InChI=1S/C19H39NO/c1-5-11-16(4)15-18(20-14-6-2)19(21-7-3)17-12-9-8-10-13-17/h16-20H,5-15H2,1-4H3. The lowest BCUT2D eigenvalue weighted by Gasteiger charge is -2.37. The highest BCUT2D eigenvalue weighted by Gasteiger charge is 2.31. The van der Waals surface area contributed by atoms with E-state index in [1.807, 2.05) is 0 Å². The third-order valence-corrected chi connectivity index (χ3v) is 4.96. The Bertz CT molecular complexity index is 238. The molecule has 0 aromatic heterocycles. The Hall–Kier alpha value is -0.0800. The van der Waals surface area contributed by atoms with Crippen LogP contribution in [0.2, 0.25) is 0 Å². The molecule has 1 N–H and O–H groups in total. The van der Waals surface area contributed by atoms with Crippen molar-refractivity contribution in [3.8, 4) is 0 Å². The molecule has 126 valence electrons. The van der Waals surface area contributed by atoms with E-state index in [-0.39, 0.29) is 0 Å². The van der Waals surface area contributed by atoms with Crippen molar-refractivity contribution in [3.63, 3.8) is 0 Å². The average Bonchev–Trinajstić information content (AvgIpc) is 2.50. The van der Waals surface area contributed by atoms with E-state index in [0.717, 1.165) is 25.0 Å². The molecule has 0 aliphatic heterocycles. The molecule has 0 aromatic carbocycles. The van der Waals surface area contributed by atoms with Crippen LogP contribution in [0.25, 0.3) is 0 Å². The maximum atomic E-state index is 6.26. The van der Waals surface area contributed by atoms with Crippen LogP contribution >= 0.6 is 0 Å². The molecule has 1 rings (SSSR count). The van der Waals surface area contributed by atoms with Gasteiger partial charge < -0.3 is 10.1 Å². The van der Waals surface area contributed by atoms with Gasteiger partial charge in [0, 0.05) is 12.6 Å². The van der Waals surface area contributed by atoms with Crippen molar-refractivity contribution in [3.05, 3.63) is 0 Å². The third-order valence-electron chi connectivity index (χ3n) is 4.96. The fraction of sp³-hybridized carbons (Fsp3) is 1.00. The topological polar surface area (TPSA) is 21.3 Å². The van der Waals surface area contributed by atoms with Crippen LogP contribution in [0.5, 0.6) is 0 Å². The minimum Gasteiger partial charge on any atom is -0.377 e. The summed E-state index contributed by atoms with van der Waals surface area (Å²) in [6.45, 7) is 11.1. The molecule has 1 fully saturated rings. The lowest BCUT2D eigenvalue weighted by Crippen LogP contribution is -2.47. The van der Waals surface area contributed by atoms with Crippen molar-refractivity contribution < 1.29 is 4.74 Å². The van der Waals surface area contributed by atoms with E-state index in [0.29, 0.717) is 12.1 Å². The zero-order valence-corrected chi connectivity index (χ0v) is 15.0. The molecule has 0 saturated heterocycles. The molecule has 2 nitrogen and oxygen atoms in total. The first kappa shape index (κ1) is 19.0. The van der Waals surface area contributed by atoms with Crippen molar-refractivity contribution in [1.82, 2.24) is 5.32 Å². The third kappa shape index (κ3) is 7.15. The second-order valence-electron chi connectivity index (χ2n) is 7.01. The van der Waals surface area contributed by atoms with Crippen LogP contribution in [-0.4, -0.2) is 25.3 Å². The SMILES string of the molecule is CCCNC(CC(C)CCC)C(OCC)C1CCCCC1. The van der Waals surface area contributed by atoms with E-state index in [1.165, 1.54) is 57.8 Å². The quantitative estimate of drug-likeness (QED) is 0.568. The van der Waals surface area contributed by atoms with E-state index < -0.39 is 0 Å². The average molecular weight is 298 g/mol. The normalized spacial score (nSPS) is 21.1. The molecule has 21 heavy (non-hydrogen) atoms. The molecule has 2 heteroatoms. The number of hydrogen-bond donors (Lipinski definition) is 1. The molecule has 1 aliphatic rings.